The zero-order chi connectivity index (χ0) is 13.7. The van der Waals surface area contributed by atoms with Crippen molar-refractivity contribution in [2.45, 2.75) is 38.1 Å². The first kappa shape index (κ1) is 13.6. The topological polar surface area (TPSA) is 66.4 Å². The van der Waals surface area contributed by atoms with E-state index in [-0.39, 0.29) is 12.0 Å². The second kappa shape index (κ2) is 6.36. The van der Waals surface area contributed by atoms with Crippen LogP contribution in [0.1, 0.15) is 31.2 Å². The zero-order valence-corrected chi connectivity index (χ0v) is 10.8. The number of carboxylic acid groups (broad SMARTS) is 1. The molecule has 1 aromatic carbocycles. The molecule has 0 aliphatic heterocycles. The molecule has 4 heteroatoms. The second-order valence-electron chi connectivity index (χ2n) is 5.12. The molecule has 1 aliphatic carbocycles. The Kier molecular flexibility index (Phi) is 4.55. The van der Waals surface area contributed by atoms with Gasteiger partial charge in [0.25, 0.3) is 0 Å². The van der Waals surface area contributed by atoms with Crippen molar-refractivity contribution in [3.05, 3.63) is 35.9 Å². The summed E-state index contributed by atoms with van der Waals surface area (Å²) in [6.07, 6.45) is 2.44. The molecule has 2 N–H and O–H groups in total. The molecule has 102 valence electrons. The molecule has 1 aliphatic rings. The van der Waals surface area contributed by atoms with Gasteiger partial charge in [-0.15, -0.1) is 0 Å². The third kappa shape index (κ3) is 4.09. The number of carbonyl (C=O) groups excluding carboxylic acids is 1. The third-order valence-corrected chi connectivity index (χ3v) is 3.76. The highest BCUT2D eigenvalue weighted by molar-refractivity contribution is 5.79. The lowest BCUT2D eigenvalue weighted by Gasteiger charge is -2.29. The normalized spacial score (nSPS) is 18.0. The largest absolute Gasteiger partial charge is 0.465 e. The Labute approximate surface area is 112 Å². The fourth-order valence-electron chi connectivity index (χ4n) is 2.73. The molecule has 0 radical (unpaired) electrons. The highest BCUT2D eigenvalue weighted by Gasteiger charge is 2.27. The average molecular weight is 261 g/mol. The van der Waals surface area contributed by atoms with Crippen molar-refractivity contribution in [1.29, 1.82) is 0 Å². The molecule has 1 amide bonds. The number of nitrogens with one attached hydrogen (secondary N) is 1. The predicted molar refractivity (Wildman–Crippen MR) is 72.1 cm³/mol. The molecule has 1 unspecified atom stereocenters. The standard InChI is InChI=1S/C15H19NO3/c17-13-8-6-12(7-9-13)14(16-15(18)19)10-11-4-2-1-3-5-11/h1-5,12,14,16H,6-10H2,(H,18,19). The molecule has 2 rings (SSSR count). The minimum absolute atomic E-state index is 0.104. The van der Waals surface area contributed by atoms with Crippen molar-refractivity contribution < 1.29 is 14.7 Å². The summed E-state index contributed by atoms with van der Waals surface area (Å²) in [5.74, 6) is 0.555. The lowest BCUT2D eigenvalue weighted by molar-refractivity contribution is -0.121. The number of hydrogen-bond donors (Lipinski definition) is 2. The Morgan fingerprint density at radius 2 is 1.89 bits per heavy atom. The van der Waals surface area contributed by atoms with Gasteiger partial charge < -0.3 is 10.4 Å². The maximum atomic E-state index is 11.3. The first-order chi connectivity index (χ1) is 9.15. The van der Waals surface area contributed by atoms with Crippen LogP contribution in [0.3, 0.4) is 0 Å². The molecule has 1 saturated carbocycles. The van der Waals surface area contributed by atoms with Gasteiger partial charge in [-0.05, 0) is 30.7 Å². The fraction of sp³-hybridized carbons (Fsp3) is 0.467. The molecule has 1 atom stereocenters. The molecule has 0 saturated heterocycles. The monoisotopic (exact) mass is 261 g/mol. The van der Waals surface area contributed by atoms with Crippen LogP contribution in [-0.2, 0) is 11.2 Å². The van der Waals surface area contributed by atoms with Crippen LogP contribution in [0.25, 0.3) is 0 Å². The Balaban J connectivity index is 2.03. The molecule has 1 fully saturated rings. The van der Waals surface area contributed by atoms with Crippen LogP contribution in [0.2, 0.25) is 0 Å². The van der Waals surface area contributed by atoms with Crippen LogP contribution in [0.15, 0.2) is 30.3 Å². The highest BCUT2D eigenvalue weighted by Crippen LogP contribution is 2.26. The summed E-state index contributed by atoms with van der Waals surface area (Å²) < 4.78 is 0. The van der Waals surface area contributed by atoms with E-state index in [2.05, 4.69) is 5.32 Å². The Bertz CT molecular complexity index is 434. The van der Waals surface area contributed by atoms with Gasteiger partial charge >= 0.3 is 6.09 Å². The van der Waals surface area contributed by atoms with E-state index in [1.165, 1.54) is 0 Å². The van der Waals surface area contributed by atoms with Gasteiger partial charge in [-0.25, -0.2) is 4.79 Å². The van der Waals surface area contributed by atoms with Gasteiger partial charge in [-0.2, -0.15) is 0 Å². The summed E-state index contributed by atoms with van der Waals surface area (Å²) in [4.78, 5) is 22.2. The predicted octanol–water partition coefficient (Wildman–Crippen LogP) is 2.62. The van der Waals surface area contributed by atoms with E-state index in [1.54, 1.807) is 0 Å². The molecule has 0 heterocycles. The van der Waals surface area contributed by atoms with Crippen LogP contribution in [0.5, 0.6) is 0 Å². The van der Waals surface area contributed by atoms with Gasteiger partial charge in [0.05, 0.1) is 0 Å². The first-order valence-corrected chi connectivity index (χ1v) is 6.70. The van der Waals surface area contributed by atoms with E-state index in [4.69, 9.17) is 5.11 Å². The zero-order valence-electron chi connectivity index (χ0n) is 10.8. The van der Waals surface area contributed by atoms with Gasteiger partial charge in [-0.3, -0.25) is 4.79 Å². The summed E-state index contributed by atoms with van der Waals surface area (Å²) in [5.41, 5.74) is 1.12. The van der Waals surface area contributed by atoms with Gasteiger partial charge in [-0.1, -0.05) is 30.3 Å². The van der Waals surface area contributed by atoms with Crippen molar-refractivity contribution in [2.75, 3.05) is 0 Å². The van der Waals surface area contributed by atoms with E-state index in [0.29, 0.717) is 25.0 Å². The number of ketones is 1. The van der Waals surface area contributed by atoms with Crippen molar-refractivity contribution >= 4 is 11.9 Å². The van der Waals surface area contributed by atoms with Gasteiger partial charge in [0, 0.05) is 18.9 Å². The number of amides is 1. The Morgan fingerprint density at radius 3 is 2.47 bits per heavy atom. The average Bonchev–Trinajstić information content (AvgIpc) is 2.39. The molecule has 4 nitrogen and oxygen atoms in total. The van der Waals surface area contributed by atoms with Gasteiger partial charge in [0.1, 0.15) is 5.78 Å². The number of Topliss-reactive ketones (excluding diaryl/α,β-unsaturated/α-hetero) is 1. The van der Waals surface area contributed by atoms with E-state index in [9.17, 15) is 9.59 Å². The summed E-state index contributed by atoms with van der Waals surface area (Å²) in [7, 11) is 0. The lowest BCUT2D eigenvalue weighted by atomic mass is 9.81. The van der Waals surface area contributed by atoms with Crippen LogP contribution in [0, 0.1) is 5.92 Å². The van der Waals surface area contributed by atoms with Gasteiger partial charge in [0.2, 0.25) is 0 Å². The van der Waals surface area contributed by atoms with Crippen LogP contribution in [0.4, 0.5) is 4.79 Å². The summed E-state index contributed by atoms with van der Waals surface area (Å²) >= 11 is 0. The van der Waals surface area contributed by atoms with Crippen molar-refractivity contribution in [3.8, 4) is 0 Å². The summed E-state index contributed by atoms with van der Waals surface area (Å²) in [6.45, 7) is 0. The molecule has 0 aromatic heterocycles. The van der Waals surface area contributed by atoms with E-state index in [0.717, 1.165) is 18.4 Å². The smallest absolute Gasteiger partial charge is 0.404 e. The molecule has 0 spiro atoms. The van der Waals surface area contributed by atoms with Crippen LogP contribution < -0.4 is 5.32 Å². The van der Waals surface area contributed by atoms with E-state index >= 15 is 0 Å². The molecular weight excluding hydrogens is 242 g/mol. The Morgan fingerprint density at radius 1 is 1.26 bits per heavy atom. The molecular formula is C15H19NO3. The fourth-order valence-corrected chi connectivity index (χ4v) is 2.73. The Hall–Kier alpha value is -1.84. The van der Waals surface area contributed by atoms with Crippen molar-refractivity contribution in [2.24, 2.45) is 5.92 Å². The molecule has 1 aromatic rings. The second-order valence-corrected chi connectivity index (χ2v) is 5.12. The summed E-state index contributed by atoms with van der Waals surface area (Å²) in [6, 6.07) is 9.76. The highest BCUT2D eigenvalue weighted by atomic mass is 16.4. The number of benzene rings is 1. The van der Waals surface area contributed by atoms with E-state index < -0.39 is 6.09 Å². The van der Waals surface area contributed by atoms with Crippen molar-refractivity contribution in [3.63, 3.8) is 0 Å². The quantitative estimate of drug-likeness (QED) is 0.875. The van der Waals surface area contributed by atoms with Crippen LogP contribution in [-0.4, -0.2) is 23.0 Å². The molecule has 19 heavy (non-hydrogen) atoms. The minimum atomic E-state index is -0.988. The van der Waals surface area contributed by atoms with Gasteiger partial charge in [0.15, 0.2) is 0 Å². The van der Waals surface area contributed by atoms with Crippen LogP contribution >= 0.6 is 0 Å². The minimum Gasteiger partial charge on any atom is -0.465 e. The maximum absolute atomic E-state index is 11.3. The first-order valence-electron chi connectivity index (χ1n) is 6.70. The SMILES string of the molecule is O=C1CCC(C(Cc2ccccc2)NC(=O)O)CC1. The summed E-state index contributed by atoms with van der Waals surface area (Å²) in [5, 5.41) is 11.6. The maximum Gasteiger partial charge on any atom is 0.404 e. The van der Waals surface area contributed by atoms with Crippen molar-refractivity contribution in [1.82, 2.24) is 5.32 Å². The lowest BCUT2D eigenvalue weighted by Crippen LogP contribution is -2.42. The molecule has 0 bridgehead atoms. The third-order valence-electron chi connectivity index (χ3n) is 3.76. The number of hydrogen-bond acceptors (Lipinski definition) is 2. The number of rotatable bonds is 4. The number of carbonyl (C=O) groups is 2. The van der Waals surface area contributed by atoms with E-state index in [1.807, 2.05) is 30.3 Å².